The third-order valence-corrected chi connectivity index (χ3v) is 2.58. The zero-order valence-electron chi connectivity index (χ0n) is 5.96. The van der Waals surface area contributed by atoms with Gasteiger partial charge in [-0.05, 0) is 0 Å². The van der Waals surface area contributed by atoms with Crippen molar-refractivity contribution in [2.75, 3.05) is 26.5 Å². The highest BCUT2D eigenvalue weighted by Gasteiger charge is 2.10. The molecule has 0 aromatic carbocycles. The molecule has 0 rings (SSSR count). The Morgan fingerprint density at radius 1 is 1.50 bits per heavy atom. The number of nitrogens with one attached hydrogen (secondary N) is 1. The van der Waals surface area contributed by atoms with Gasteiger partial charge in [0, 0.05) is 26.5 Å². The molecular weight excluding hydrogens is 176 g/mol. The van der Waals surface area contributed by atoms with Gasteiger partial charge in [-0.25, -0.2) is 4.72 Å². The second kappa shape index (κ2) is 4.12. The first-order valence-electron chi connectivity index (χ1n) is 2.74. The molecule has 0 fully saturated rings. The molecule has 0 saturated carbocycles. The zero-order chi connectivity index (χ0) is 8.20. The Balaban J connectivity index is 3.90. The summed E-state index contributed by atoms with van der Waals surface area (Å²) in [5.41, 5.74) is 0. The summed E-state index contributed by atoms with van der Waals surface area (Å²) in [4.78, 5) is 0. The van der Waals surface area contributed by atoms with Crippen molar-refractivity contribution in [2.45, 2.75) is 0 Å². The van der Waals surface area contributed by atoms with Crippen molar-refractivity contribution in [3.05, 3.63) is 0 Å². The topological polar surface area (TPSA) is 49.4 Å². The van der Waals surface area contributed by atoms with Crippen LogP contribution in [0.25, 0.3) is 0 Å². The van der Waals surface area contributed by atoms with Gasteiger partial charge in [0.15, 0.2) is 0 Å². The largest absolute Gasteiger partial charge is 0.278 e. The van der Waals surface area contributed by atoms with Gasteiger partial charge >= 0.3 is 0 Å². The molecule has 0 unspecified atom stereocenters. The summed E-state index contributed by atoms with van der Waals surface area (Å²) < 4.78 is 25.1. The smallest absolute Gasteiger partial charge is 0.201 e. The summed E-state index contributed by atoms with van der Waals surface area (Å²) >= 11 is 5.27. The first kappa shape index (κ1) is 10.2. The molecule has 0 aliphatic heterocycles. The van der Waals surface area contributed by atoms with Crippen LogP contribution in [-0.2, 0) is 10.2 Å². The average molecular weight is 187 g/mol. The average Bonchev–Trinajstić information content (AvgIpc) is 1.84. The van der Waals surface area contributed by atoms with Gasteiger partial charge in [0.2, 0.25) is 0 Å². The Hall–Kier alpha value is 0.160. The summed E-state index contributed by atoms with van der Waals surface area (Å²) in [6.07, 6.45) is 0. The van der Waals surface area contributed by atoms with E-state index in [1.54, 1.807) is 0 Å². The number of hydrogen-bond donors (Lipinski definition) is 1. The Kier molecular flexibility index (Phi) is 4.19. The van der Waals surface area contributed by atoms with Crippen LogP contribution in [0.3, 0.4) is 0 Å². The van der Waals surface area contributed by atoms with Crippen molar-refractivity contribution in [2.24, 2.45) is 0 Å². The third kappa shape index (κ3) is 3.36. The molecule has 0 bridgehead atoms. The molecule has 0 radical (unpaired) electrons. The van der Waals surface area contributed by atoms with Gasteiger partial charge in [0.1, 0.15) is 0 Å². The fraction of sp³-hybridized carbons (Fsp3) is 1.00. The van der Waals surface area contributed by atoms with Gasteiger partial charge in [-0.2, -0.15) is 12.7 Å². The van der Waals surface area contributed by atoms with E-state index >= 15 is 0 Å². The van der Waals surface area contributed by atoms with Crippen LogP contribution in [0.15, 0.2) is 0 Å². The lowest BCUT2D eigenvalue weighted by molar-refractivity contribution is 0.508. The molecule has 0 aromatic rings. The number of hydrogen-bond acceptors (Lipinski definition) is 2. The van der Waals surface area contributed by atoms with Crippen molar-refractivity contribution in [1.82, 2.24) is 9.03 Å². The SMILES string of the molecule is CN(C)S(=O)(=O)NCCCl. The zero-order valence-corrected chi connectivity index (χ0v) is 7.54. The first-order chi connectivity index (χ1) is 4.50. The minimum atomic E-state index is -3.26. The van der Waals surface area contributed by atoms with Crippen molar-refractivity contribution in [1.29, 1.82) is 0 Å². The van der Waals surface area contributed by atoms with Crippen LogP contribution in [-0.4, -0.2) is 39.2 Å². The molecule has 62 valence electrons. The molecule has 6 heteroatoms. The van der Waals surface area contributed by atoms with Crippen molar-refractivity contribution >= 4 is 21.8 Å². The van der Waals surface area contributed by atoms with E-state index in [1.807, 2.05) is 0 Å². The maximum Gasteiger partial charge on any atom is 0.278 e. The summed E-state index contributed by atoms with van der Waals surface area (Å²) in [6, 6.07) is 0. The molecule has 0 saturated heterocycles. The van der Waals surface area contributed by atoms with Crippen molar-refractivity contribution < 1.29 is 8.42 Å². The van der Waals surface area contributed by atoms with E-state index in [9.17, 15) is 8.42 Å². The van der Waals surface area contributed by atoms with Crippen LogP contribution in [0.2, 0.25) is 0 Å². The molecule has 0 aromatic heterocycles. The van der Waals surface area contributed by atoms with E-state index in [0.29, 0.717) is 0 Å². The van der Waals surface area contributed by atoms with Crippen molar-refractivity contribution in [3.63, 3.8) is 0 Å². The van der Waals surface area contributed by atoms with E-state index < -0.39 is 10.2 Å². The van der Waals surface area contributed by atoms with E-state index in [4.69, 9.17) is 11.6 Å². The standard InChI is InChI=1S/C4H11ClN2O2S/c1-7(2)10(8,9)6-4-3-5/h6H,3-4H2,1-2H3. The highest BCUT2D eigenvalue weighted by molar-refractivity contribution is 7.87. The Labute approximate surface area is 66.3 Å². The van der Waals surface area contributed by atoms with Crippen LogP contribution < -0.4 is 4.72 Å². The minimum Gasteiger partial charge on any atom is -0.201 e. The maximum absolute atomic E-state index is 10.8. The lowest BCUT2D eigenvalue weighted by Gasteiger charge is -2.10. The lowest BCUT2D eigenvalue weighted by Crippen LogP contribution is -2.36. The molecule has 0 aliphatic rings. The summed E-state index contributed by atoms with van der Waals surface area (Å²) in [6.45, 7) is 0.266. The molecular formula is C4H11ClN2O2S. The van der Waals surface area contributed by atoms with E-state index in [0.717, 1.165) is 4.31 Å². The molecule has 0 atom stereocenters. The summed E-state index contributed by atoms with van der Waals surface area (Å²) in [5.74, 6) is 0.285. The first-order valence-corrected chi connectivity index (χ1v) is 4.71. The predicted octanol–water partition coefficient (Wildman–Crippen LogP) is -0.379. The molecule has 10 heavy (non-hydrogen) atoms. The lowest BCUT2D eigenvalue weighted by atomic mass is 10.8. The number of halogens is 1. The quantitative estimate of drug-likeness (QED) is 0.609. The number of rotatable bonds is 4. The fourth-order valence-electron chi connectivity index (χ4n) is 0.297. The normalized spacial score (nSPS) is 12.4. The van der Waals surface area contributed by atoms with Gasteiger partial charge < -0.3 is 0 Å². The van der Waals surface area contributed by atoms with Crippen LogP contribution in [0.1, 0.15) is 0 Å². The molecule has 4 nitrogen and oxygen atoms in total. The Morgan fingerprint density at radius 3 is 2.30 bits per heavy atom. The van der Waals surface area contributed by atoms with E-state index in [-0.39, 0.29) is 12.4 Å². The Morgan fingerprint density at radius 2 is 2.00 bits per heavy atom. The number of nitrogens with zero attached hydrogens (tertiary/aromatic N) is 1. The van der Waals surface area contributed by atoms with Crippen LogP contribution in [0.5, 0.6) is 0 Å². The van der Waals surface area contributed by atoms with Gasteiger partial charge in [-0.15, -0.1) is 11.6 Å². The Bertz CT molecular complexity index is 178. The van der Waals surface area contributed by atoms with Crippen LogP contribution in [0.4, 0.5) is 0 Å². The second-order valence-electron chi connectivity index (χ2n) is 1.87. The molecule has 0 amide bonds. The van der Waals surface area contributed by atoms with Gasteiger partial charge in [0.25, 0.3) is 10.2 Å². The molecule has 0 spiro atoms. The summed E-state index contributed by atoms with van der Waals surface area (Å²) in [7, 11) is -0.352. The summed E-state index contributed by atoms with van der Waals surface area (Å²) in [5, 5.41) is 0. The number of alkyl halides is 1. The third-order valence-electron chi connectivity index (χ3n) is 0.860. The second-order valence-corrected chi connectivity index (χ2v) is 4.22. The highest BCUT2D eigenvalue weighted by atomic mass is 35.5. The van der Waals surface area contributed by atoms with Gasteiger partial charge in [-0.1, -0.05) is 0 Å². The molecule has 0 aliphatic carbocycles. The predicted molar refractivity (Wildman–Crippen MR) is 41.3 cm³/mol. The fourth-order valence-corrected chi connectivity index (χ4v) is 1.12. The minimum absolute atomic E-state index is 0.266. The molecule has 0 heterocycles. The maximum atomic E-state index is 10.8. The highest BCUT2D eigenvalue weighted by Crippen LogP contribution is 1.86. The van der Waals surface area contributed by atoms with Crippen molar-refractivity contribution in [3.8, 4) is 0 Å². The van der Waals surface area contributed by atoms with E-state index in [2.05, 4.69) is 4.72 Å². The van der Waals surface area contributed by atoms with Gasteiger partial charge in [-0.3, -0.25) is 0 Å². The molecule has 1 N–H and O–H groups in total. The van der Waals surface area contributed by atoms with Crippen LogP contribution >= 0.6 is 11.6 Å². The monoisotopic (exact) mass is 186 g/mol. The van der Waals surface area contributed by atoms with Crippen LogP contribution in [0, 0.1) is 0 Å². The van der Waals surface area contributed by atoms with E-state index in [1.165, 1.54) is 14.1 Å². The van der Waals surface area contributed by atoms with Gasteiger partial charge in [0.05, 0.1) is 0 Å².